The molecule has 5 heteroatoms. The van der Waals surface area contributed by atoms with Gasteiger partial charge in [-0.15, -0.1) is 0 Å². The fourth-order valence-electron chi connectivity index (χ4n) is 1.47. The van der Waals surface area contributed by atoms with Gasteiger partial charge in [-0.2, -0.15) is 0 Å². The average molecular weight is 244 g/mol. The van der Waals surface area contributed by atoms with Crippen LogP contribution in [0.5, 0.6) is 0 Å². The molecule has 0 unspecified atom stereocenters. The van der Waals surface area contributed by atoms with Crippen LogP contribution in [0.2, 0.25) is 0 Å². The standard InChI is InChI=1S/C12H24N2O3/c1-5-6-7-8-9(2)13-12(16)14-10(3)11(15)17-4/h9-10H,5-8H2,1-4H3,(H2,13,14,16)/t9-,10+/m1/s1. The molecule has 0 fully saturated rings. The molecule has 0 aromatic heterocycles. The van der Waals surface area contributed by atoms with Crippen LogP contribution in [0.15, 0.2) is 0 Å². The van der Waals surface area contributed by atoms with Crippen molar-refractivity contribution in [3.05, 3.63) is 0 Å². The molecule has 2 atom stereocenters. The minimum absolute atomic E-state index is 0.117. The fraction of sp³-hybridized carbons (Fsp3) is 0.833. The topological polar surface area (TPSA) is 67.4 Å². The number of methoxy groups -OCH3 is 1. The Morgan fingerprint density at radius 1 is 1.18 bits per heavy atom. The fourth-order valence-corrected chi connectivity index (χ4v) is 1.47. The highest BCUT2D eigenvalue weighted by molar-refractivity contribution is 5.83. The van der Waals surface area contributed by atoms with Crippen LogP contribution < -0.4 is 10.6 Å². The van der Waals surface area contributed by atoms with E-state index in [0.717, 1.165) is 19.3 Å². The maximum Gasteiger partial charge on any atom is 0.328 e. The Hall–Kier alpha value is -1.26. The first-order valence-electron chi connectivity index (χ1n) is 6.16. The third-order valence-corrected chi connectivity index (χ3v) is 2.52. The van der Waals surface area contributed by atoms with Gasteiger partial charge in [0, 0.05) is 6.04 Å². The van der Waals surface area contributed by atoms with Crippen molar-refractivity contribution < 1.29 is 14.3 Å². The van der Waals surface area contributed by atoms with Crippen molar-refractivity contribution in [3.8, 4) is 0 Å². The molecule has 17 heavy (non-hydrogen) atoms. The van der Waals surface area contributed by atoms with E-state index < -0.39 is 12.0 Å². The molecule has 0 aliphatic heterocycles. The second-order valence-corrected chi connectivity index (χ2v) is 4.26. The van der Waals surface area contributed by atoms with E-state index in [9.17, 15) is 9.59 Å². The first-order chi connectivity index (χ1) is 8.01. The van der Waals surface area contributed by atoms with Crippen LogP contribution in [0.1, 0.15) is 46.5 Å². The molecular formula is C12H24N2O3. The largest absolute Gasteiger partial charge is 0.467 e. The smallest absolute Gasteiger partial charge is 0.328 e. The van der Waals surface area contributed by atoms with E-state index in [1.54, 1.807) is 6.92 Å². The van der Waals surface area contributed by atoms with Crippen LogP contribution in [-0.4, -0.2) is 31.2 Å². The summed E-state index contributed by atoms with van der Waals surface area (Å²) in [6.45, 7) is 5.69. The molecule has 0 saturated carbocycles. The Balaban J connectivity index is 3.81. The van der Waals surface area contributed by atoms with Crippen molar-refractivity contribution >= 4 is 12.0 Å². The highest BCUT2D eigenvalue weighted by atomic mass is 16.5. The lowest BCUT2D eigenvalue weighted by atomic mass is 10.1. The Bertz CT molecular complexity index is 244. The van der Waals surface area contributed by atoms with Crippen molar-refractivity contribution in [2.75, 3.05) is 7.11 Å². The summed E-state index contributed by atoms with van der Waals surface area (Å²) < 4.78 is 4.52. The molecule has 0 aliphatic rings. The van der Waals surface area contributed by atoms with Crippen molar-refractivity contribution in [3.63, 3.8) is 0 Å². The van der Waals surface area contributed by atoms with Crippen molar-refractivity contribution in [1.82, 2.24) is 10.6 Å². The van der Waals surface area contributed by atoms with E-state index in [-0.39, 0.29) is 12.1 Å². The number of carbonyl (C=O) groups excluding carboxylic acids is 2. The zero-order valence-electron chi connectivity index (χ0n) is 11.2. The highest BCUT2D eigenvalue weighted by Crippen LogP contribution is 2.02. The molecule has 2 N–H and O–H groups in total. The van der Waals surface area contributed by atoms with Crippen LogP contribution in [0.25, 0.3) is 0 Å². The van der Waals surface area contributed by atoms with Gasteiger partial charge in [0.25, 0.3) is 0 Å². The molecule has 0 aromatic rings. The molecule has 0 aliphatic carbocycles. The molecule has 0 heterocycles. The Morgan fingerprint density at radius 2 is 1.82 bits per heavy atom. The summed E-state index contributed by atoms with van der Waals surface area (Å²) in [7, 11) is 1.30. The minimum atomic E-state index is -0.622. The van der Waals surface area contributed by atoms with Gasteiger partial charge in [-0.3, -0.25) is 0 Å². The van der Waals surface area contributed by atoms with E-state index in [0.29, 0.717) is 0 Å². The van der Waals surface area contributed by atoms with Gasteiger partial charge in [-0.05, 0) is 20.3 Å². The van der Waals surface area contributed by atoms with Gasteiger partial charge >= 0.3 is 12.0 Å². The lowest BCUT2D eigenvalue weighted by molar-refractivity contribution is -0.142. The third-order valence-electron chi connectivity index (χ3n) is 2.52. The van der Waals surface area contributed by atoms with Gasteiger partial charge in [0.05, 0.1) is 7.11 Å². The first kappa shape index (κ1) is 15.7. The van der Waals surface area contributed by atoms with Crippen LogP contribution >= 0.6 is 0 Å². The van der Waals surface area contributed by atoms with E-state index in [4.69, 9.17) is 0 Å². The number of esters is 1. The molecule has 0 bridgehead atoms. The summed E-state index contributed by atoms with van der Waals surface area (Å²) in [6.07, 6.45) is 4.39. The minimum Gasteiger partial charge on any atom is -0.467 e. The molecule has 0 saturated heterocycles. The van der Waals surface area contributed by atoms with Crippen LogP contribution in [0.4, 0.5) is 4.79 Å². The Kier molecular flexibility index (Phi) is 8.19. The van der Waals surface area contributed by atoms with Crippen molar-refractivity contribution in [1.29, 1.82) is 0 Å². The first-order valence-corrected chi connectivity index (χ1v) is 6.16. The third kappa shape index (κ3) is 7.60. The molecular weight excluding hydrogens is 220 g/mol. The van der Waals surface area contributed by atoms with Crippen LogP contribution in [0, 0.1) is 0 Å². The predicted octanol–water partition coefficient (Wildman–Crippen LogP) is 1.82. The Morgan fingerprint density at radius 3 is 2.35 bits per heavy atom. The summed E-state index contributed by atoms with van der Waals surface area (Å²) in [5, 5.41) is 5.32. The lowest BCUT2D eigenvalue weighted by Crippen LogP contribution is -2.47. The van der Waals surface area contributed by atoms with Crippen LogP contribution in [0.3, 0.4) is 0 Å². The molecule has 0 rings (SSSR count). The van der Waals surface area contributed by atoms with Gasteiger partial charge in [-0.1, -0.05) is 26.2 Å². The van der Waals surface area contributed by atoms with Gasteiger partial charge in [0.15, 0.2) is 0 Å². The molecule has 0 aromatic carbocycles. The number of carbonyl (C=O) groups is 2. The molecule has 0 spiro atoms. The number of urea groups is 1. The number of unbranched alkanes of at least 4 members (excludes halogenated alkanes) is 2. The summed E-state index contributed by atoms with van der Waals surface area (Å²) in [5.41, 5.74) is 0. The maximum atomic E-state index is 11.5. The van der Waals surface area contributed by atoms with Gasteiger partial charge < -0.3 is 15.4 Å². The highest BCUT2D eigenvalue weighted by Gasteiger charge is 2.16. The van der Waals surface area contributed by atoms with Crippen molar-refractivity contribution in [2.24, 2.45) is 0 Å². The van der Waals surface area contributed by atoms with E-state index in [2.05, 4.69) is 22.3 Å². The predicted molar refractivity (Wildman–Crippen MR) is 66.7 cm³/mol. The van der Waals surface area contributed by atoms with E-state index >= 15 is 0 Å². The summed E-state index contributed by atoms with van der Waals surface area (Å²) in [4.78, 5) is 22.6. The lowest BCUT2D eigenvalue weighted by Gasteiger charge is -2.16. The second-order valence-electron chi connectivity index (χ2n) is 4.26. The van der Waals surface area contributed by atoms with E-state index in [1.807, 2.05) is 6.92 Å². The molecule has 0 radical (unpaired) electrons. The number of hydrogen-bond donors (Lipinski definition) is 2. The molecule has 5 nitrogen and oxygen atoms in total. The number of amides is 2. The molecule has 2 amide bonds. The SMILES string of the molecule is CCCCC[C@@H](C)NC(=O)N[C@@H](C)C(=O)OC. The number of hydrogen-bond acceptors (Lipinski definition) is 3. The van der Waals surface area contributed by atoms with Crippen molar-refractivity contribution in [2.45, 2.75) is 58.5 Å². The van der Waals surface area contributed by atoms with Crippen LogP contribution in [-0.2, 0) is 9.53 Å². The number of nitrogens with one attached hydrogen (secondary N) is 2. The average Bonchev–Trinajstić information content (AvgIpc) is 2.27. The summed E-state index contributed by atoms with van der Waals surface area (Å²) >= 11 is 0. The number of rotatable bonds is 7. The second kappa shape index (κ2) is 8.84. The van der Waals surface area contributed by atoms with Gasteiger partial charge in [-0.25, -0.2) is 9.59 Å². The zero-order chi connectivity index (χ0) is 13.3. The Labute approximate surface area is 103 Å². The maximum absolute atomic E-state index is 11.5. The monoisotopic (exact) mass is 244 g/mol. The molecule has 100 valence electrons. The van der Waals surface area contributed by atoms with Gasteiger partial charge in [0.2, 0.25) is 0 Å². The quantitative estimate of drug-likeness (QED) is 0.530. The van der Waals surface area contributed by atoms with E-state index in [1.165, 1.54) is 13.5 Å². The summed E-state index contributed by atoms with van der Waals surface area (Å²) in [6, 6.07) is -0.832. The normalized spacial score (nSPS) is 13.6. The summed E-state index contributed by atoms with van der Waals surface area (Å²) in [5.74, 6) is -0.446. The number of ether oxygens (including phenoxy) is 1. The zero-order valence-corrected chi connectivity index (χ0v) is 11.2. The van der Waals surface area contributed by atoms with Gasteiger partial charge in [0.1, 0.15) is 6.04 Å².